The van der Waals surface area contributed by atoms with Crippen LogP contribution in [0.2, 0.25) is 0 Å². The van der Waals surface area contributed by atoms with Gasteiger partial charge in [0.25, 0.3) is 0 Å². The molecule has 0 amide bonds. The van der Waals surface area contributed by atoms with Crippen LogP contribution in [0.1, 0.15) is 51.6 Å². The molecule has 0 saturated carbocycles. The standard InChI is InChI=1S/C14H26N2O3S/c1-12(2)7-5-3-4-6-8-16-20(18,19)14-9-13(11-17)15-10-14/h9-10,12,15-17H,3-8,11H2,1-2H3. The van der Waals surface area contributed by atoms with E-state index in [-0.39, 0.29) is 11.5 Å². The summed E-state index contributed by atoms with van der Waals surface area (Å²) in [6.45, 7) is 4.70. The summed E-state index contributed by atoms with van der Waals surface area (Å²) < 4.78 is 26.4. The van der Waals surface area contributed by atoms with Gasteiger partial charge in [0.15, 0.2) is 0 Å². The fourth-order valence-corrected chi connectivity index (χ4v) is 3.08. The molecule has 0 fully saturated rings. The van der Waals surface area contributed by atoms with E-state index < -0.39 is 10.0 Å². The SMILES string of the molecule is CC(C)CCCCCCNS(=O)(=O)c1c[nH]c(CO)c1. The Morgan fingerprint density at radius 2 is 1.95 bits per heavy atom. The van der Waals surface area contributed by atoms with Crippen molar-refractivity contribution in [1.29, 1.82) is 0 Å². The highest BCUT2D eigenvalue weighted by molar-refractivity contribution is 7.89. The third kappa shape index (κ3) is 6.07. The highest BCUT2D eigenvalue weighted by Crippen LogP contribution is 2.11. The number of sulfonamides is 1. The minimum absolute atomic E-state index is 0.182. The number of aliphatic hydroxyl groups is 1. The molecular formula is C14H26N2O3S. The molecule has 0 aliphatic rings. The molecule has 0 aliphatic carbocycles. The van der Waals surface area contributed by atoms with E-state index in [4.69, 9.17) is 5.11 Å². The normalized spacial score (nSPS) is 12.2. The molecule has 0 bridgehead atoms. The first-order valence-electron chi connectivity index (χ1n) is 7.23. The molecule has 0 unspecified atom stereocenters. The molecule has 3 N–H and O–H groups in total. The molecule has 5 nitrogen and oxygen atoms in total. The number of rotatable bonds is 10. The molecule has 0 aromatic carbocycles. The van der Waals surface area contributed by atoms with Crippen molar-refractivity contribution in [2.24, 2.45) is 5.92 Å². The topological polar surface area (TPSA) is 82.2 Å². The molecular weight excluding hydrogens is 276 g/mol. The smallest absolute Gasteiger partial charge is 0.242 e. The Morgan fingerprint density at radius 1 is 1.25 bits per heavy atom. The van der Waals surface area contributed by atoms with E-state index in [2.05, 4.69) is 23.6 Å². The van der Waals surface area contributed by atoms with Crippen LogP contribution in [0, 0.1) is 5.92 Å². The Balaban J connectivity index is 2.23. The molecule has 20 heavy (non-hydrogen) atoms. The summed E-state index contributed by atoms with van der Waals surface area (Å²) in [5.41, 5.74) is 0.499. The highest BCUT2D eigenvalue weighted by Gasteiger charge is 2.14. The first-order chi connectivity index (χ1) is 9.45. The molecule has 0 saturated heterocycles. The number of aliphatic hydroxyl groups excluding tert-OH is 1. The number of unbranched alkanes of at least 4 members (excludes halogenated alkanes) is 3. The van der Waals surface area contributed by atoms with Crippen molar-refractivity contribution in [2.45, 2.75) is 57.5 Å². The zero-order valence-corrected chi connectivity index (χ0v) is 13.2. The van der Waals surface area contributed by atoms with Crippen molar-refractivity contribution in [2.75, 3.05) is 6.54 Å². The average Bonchev–Trinajstić information content (AvgIpc) is 2.86. The summed E-state index contributed by atoms with van der Waals surface area (Å²) in [6, 6.07) is 1.45. The lowest BCUT2D eigenvalue weighted by atomic mass is 10.0. The summed E-state index contributed by atoms with van der Waals surface area (Å²) in [6.07, 6.45) is 6.90. The Kier molecular flexibility index (Phi) is 7.26. The number of aromatic nitrogens is 1. The lowest BCUT2D eigenvalue weighted by Gasteiger charge is -2.06. The van der Waals surface area contributed by atoms with Crippen molar-refractivity contribution in [1.82, 2.24) is 9.71 Å². The van der Waals surface area contributed by atoms with Gasteiger partial charge in [-0.1, -0.05) is 39.5 Å². The maximum atomic E-state index is 11.9. The van der Waals surface area contributed by atoms with Crippen LogP contribution >= 0.6 is 0 Å². The Bertz CT molecular complexity index is 480. The number of hydrogen-bond donors (Lipinski definition) is 3. The van der Waals surface area contributed by atoms with E-state index in [0.29, 0.717) is 12.2 Å². The van der Waals surface area contributed by atoms with E-state index in [1.165, 1.54) is 25.1 Å². The number of aromatic amines is 1. The van der Waals surface area contributed by atoms with Gasteiger partial charge in [0.05, 0.1) is 11.5 Å². The van der Waals surface area contributed by atoms with Gasteiger partial charge in [0.2, 0.25) is 10.0 Å². The molecule has 0 spiro atoms. The van der Waals surface area contributed by atoms with Gasteiger partial charge in [-0.15, -0.1) is 0 Å². The van der Waals surface area contributed by atoms with Gasteiger partial charge in [0.1, 0.15) is 0 Å². The minimum Gasteiger partial charge on any atom is -0.390 e. The Hall–Kier alpha value is -0.850. The van der Waals surface area contributed by atoms with Crippen LogP contribution < -0.4 is 4.72 Å². The van der Waals surface area contributed by atoms with Crippen molar-refractivity contribution in [3.05, 3.63) is 18.0 Å². The lowest BCUT2D eigenvalue weighted by molar-refractivity contribution is 0.277. The summed E-state index contributed by atoms with van der Waals surface area (Å²) in [4.78, 5) is 2.90. The summed E-state index contributed by atoms with van der Waals surface area (Å²) in [5, 5.41) is 8.91. The maximum Gasteiger partial charge on any atom is 0.242 e. The van der Waals surface area contributed by atoms with Crippen molar-refractivity contribution < 1.29 is 13.5 Å². The molecule has 1 rings (SSSR count). The van der Waals surface area contributed by atoms with Gasteiger partial charge in [0, 0.05) is 18.4 Å². The van der Waals surface area contributed by atoms with Crippen molar-refractivity contribution in [3.63, 3.8) is 0 Å². The van der Waals surface area contributed by atoms with E-state index in [9.17, 15) is 8.42 Å². The second-order valence-electron chi connectivity index (χ2n) is 5.51. The predicted octanol–water partition coefficient (Wildman–Crippen LogP) is 2.39. The number of hydrogen-bond acceptors (Lipinski definition) is 3. The average molecular weight is 302 g/mol. The number of nitrogens with one attached hydrogen (secondary N) is 2. The third-order valence-electron chi connectivity index (χ3n) is 3.20. The monoisotopic (exact) mass is 302 g/mol. The summed E-state index contributed by atoms with van der Waals surface area (Å²) in [5.74, 6) is 0.739. The van der Waals surface area contributed by atoms with Crippen molar-refractivity contribution in [3.8, 4) is 0 Å². The van der Waals surface area contributed by atoms with Crippen LogP contribution in [-0.4, -0.2) is 25.1 Å². The first kappa shape index (κ1) is 17.2. The fourth-order valence-electron chi connectivity index (χ4n) is 1.99. The molecule has 116 valence electrons. The largest absolute Gasteiger partial charge is 0.390 e. The van der Waals surface area contributed by atoms with Crippen LogP contribution in [-0.2, 0) is 16.6 Å². The van der Waals surface area contributed by atoms with E-state index in [0.717, 1.165) is 25.2 Å². The van der Waals surface area contributed by atoms with Crippen molar-refractivity contribution >= 4 is 10.0 Å². The maximum absolute atomic E-state index is 11.9. The van der Waals surface area contributed by atoms with Gasteiger partial charge >= 0.3 is 0 Å². The molecule has 0 radical (unpaired) electrons. The second-order valence-corrected chi connectivity index (χ2v) is 7.28. The molecule has 1 heterocycles. The Labute approximate surface area is 121 Å². The predicted molar refractivity (Wildman–Crippen MR) is 79.8 cm³/mol. The minimum atomic E-state index is -3.45. The number of H-pyrrole nitrogens is 1. The van der Waals surface area contributed by atoms with Gasteiger partial charge < -0.3 is 10.1 Å². The van der Waals surface area contributed by atoms with Crippen LogP contribution in [0.5, 0.6) is 0 Å². The summed E-state index contributed by atoms with van der Waals surface area (Å²) in [7, 11) is -3.45. The zero-order valence-electron chi connectivity index (χ0n) is 12.4. The van der Waals surface area contributed by atoms with Gasteiger partial charge in [-0.2, -0.15) is 0 Å². The first-order valence-corrected chi connectivity index (χ1v) is 8.72. The van der Waals surface area contributed by atoms with E-state index in [1.54, 1.807) is 0 Å². The fraction of sp³-hybridized carbons (Fsp3) is 0.714. The van der Waals surface area contributed by atoms with Crippen LogP contribution in [0.4, 0.5) is 0 Å². The van der Waals surface area contributed by atoms with Crippen LogP contribution in [0.25, 0.3) is 0 Å². The summed E-state index contributed by atoms with van der Waals surface area (Å²) >= 11 is 0. The highest BCUT2D eigenvalue weighted by atomic mass is 32.2. The molecule has 0 aliphatic heterocycles. The molecule has 1 aromatic heterocycles. The van der Waals surface area contributed by atoms with Gasteiger partial charge in [-0.05, 0) is 18.4 Å². The van der Waals surface area contributed by atoms with Crippen LogP contribution in [0.3, 0.4) is 0 Å². The van der Waals surface area contributed by atoms with E-state index in [1.807, 2.05) is 0 Å². The zero-order chi connectivity index (χ0) is 15.0. The van der Waals surface area contributed by atoms with Crippen LogP contribution in [0.15, 0.2) is 17.2 Å². The Morgan fingerprint density at radius 3 is 2.55 bits per heavy atom. The quantitative estimate of drug-likeness (QED) is 0.580. The van der Waals surface area contributed by atoms with E-state index >= 15 is 0 Å². The van der Waals surface area contributed by atoms with Gasteiger partial charge in [-0.25, -0.2) is 13.1 Å². The molecule has 1 aromatic rings. The molecule has 6 heteroatoms. The van der Waals surface area contributed by atoms with Gasteiger partial charge in [-0.3, -0.25) is 0 Å². The third-order valence-corrected chi connectivity index (χ3v) is 4.64. The lowest BCUT2D eigenvalue weighted by Crippen LogP contribution is -2.24. The second kappa shape index (κ2) is 8.44. The molecule has 0 atom stereocenters.